The number of carboxylic acids is 1. The molecule has 0 saturated carbocycles. The van der Waals surface area contributed by atoms with E-state index < -0.39 is 18.7 Å². The van der Waals surface area contributed by atoms with Crippen molar-refractivity contribution < 1.29 is 19.7 Å². The summed E-state index contributed by atoms with van der Waals surface area (Å²) in [7, 11) is 0. The Morgan fingerprint density at radius 2 is 2.32 bits per heavy atom. The maximum Gasteiger partial charge on any atom is 0.341 e. The van der Waals surface area contributed by atoms with Gasteiger partial charge in [0, 0.05) is 18.5 Å². The van der Waals surface area contributed by atoms with Gasteiger partial charge in [-0.3, -0.25) is 0 Å². The summed E-state index contributed by atoms with van der Waals surface area (Å²) in [5.41, 5.74) is 0.981. The van der Waals surface area contributed by atoms with E-state index >= 15 is 0 Å². The van der Waals surface area contributed by atoms with Gasteiger partial charge in [-0.05, 0) is 19.1 Å². The predicted molar refractivity (Wildman–Crippen MR) is 65.1 cm³/mol. The van der Waals surface area contributed by atoms with Crippen LogP contribution in [0.4, 0.5) is 0 Å². The molecule has 2 rings (SSSR count). The first-order chi connectivity index (χ1) is 9.08. The van der Waals surface area contributed by atoms with E-state index in [2.05, 4.69) is 10.1 Å². The van der Waals surface area contributed by atoms with Crippen LogP contribution < -0.4 is 4.74 Å². The number of aliphatic hydroxyl groups is 1. The van der Waals surface area contributed by atoms with Gasteiger partial charge in [-0.1, -0.05) is 0 Å². The Hall–Kier alpha value is -2.41. The third kappa shape index (κ3) is 3.08. The highest BCUT2D eigenvalue weighted by molar-refractivity contribution is 5.68. The molecule has 2 N–H and O–H groups in total. The molecule has 0 radical (unpaired) electrons. The lowest BCUT2D eigenvalue weighted by molar-refractivity contribution is -0.139. The van der Waals surface area contributed by atoms with Gasteiger partial charge in [0.1, 0.15) is 0 Å². The summed E-state index contributed by atoms with van der Waals surface area (Å²) < 4.78 is 6.54. The number of carboxylic acid groups (broad SMARTS) is 1. The molecule has 100 valence electrons. The zero-order valence-electron chi connectivity index (χ0n) is 10.2. The summed E-state index contributed by atoms with van der Waals surface area (Å²) in [4.78, 5) is 14.5. The summed E-state index contributed by atoms with van der Waals surface area (Å²) in [5, 5.41) is 22.3. The highest BCUT2D eigenvalue weighted by Crippen LogP contribution is 2.22. The molecule has 2 aromatic heterocycles. The van der Waals surface area contributed by atoms with Crippen molar-refractivity contribution >= 4 is 5.97 Å². The van der Waals surface area contributed by atoms with Gasteiger partial charge in [0.05, 0.1) is 17.5 Å². The van der Waals surface area contributed by atoms with E-state index in [-0.39, 0.29) is 5.88 Å². The van der Waals surface area contributed by atoms with Crippen molar-refractivity contribution in [3.05, 3.63) is 36.3 Å². The molecule has 0 spiro atoms. The van der Waals surface area contributed by atoms with Crippen LogP contribution in [-0.2, 0) is 4.79 Å². The minimum Gasteiger partial charge on any atom is -0.479 e. The van der Waals surface area contributed by atoms with Crippen LogP contribution in [0.25, 0.3) is 5.69 Å². The fraction of sp³-hybridized carbons (Fsp3) is 0.250. The Labute approximate surface area is 109 Å². The minimum atomic E-state index is -1.09. The molecular weight excluding hydrogens is 250 g/mol. The van der Waals surface area contributed by atoms with Crippen molar-refractivity contribution in [3.63, 3.8) is 0 Å². The molecule has 2 aromatic rings. The highest BCUT2D eigenvalue weighted by Gasteiger charge is 2.14. The zero-order valence-corrected chi connectivity index (χ0v) is 10.2. The summed E-state index contributed by atoms with van der Waals surface area (Å²) in [6.45, 7) is 1.09. The van der Waals surface area contributed by atoms with Crippen LogP contribution >= 0.6 is 0 Å². The van der Waals surface area contributed by atoms with Gasteiger partial charge in [-0.15, -0.1) is 0 Å². The van der Waals surface area contributed by atoms with Crippen LogP contribution in [0.5, 0.6) is 5.88 Å². The maximum absolute atomic E-state index is 10.4. The SMILES string of the molecule is CC(O)c1nc(OCC(=O)O)ccc1-n1cccn1. The van der Waals surface area contributed by atoms with Gasteiger partial charge >= 0.3 is 5.97 Å². The van der Waals surface area contributed by atoms with E-state index in [9.17, 15) is 9.90 Å². The van der Waals surface area contributed by atoms with Gasteiger partial charge in [0.25, 0.3) is 0 Å². The Morgan fingerprint density at radius 3 is 2.89 bits per heavy atom. The average Bonchev–Trinajstić information content (AvgIpc) is 2.89. The number of pyridine rings is 1. The Kier molecular flexibility index (Phi) is 3.76. The number of hydrogen-bond donors (Lipinski definition) is 2. The van der Waals surface area contributed by atoms with Crippen LogP contribution in [-0.4, -0.2) is 37.6 Å². The maximum atomic E-state index is 10.4. The Balaban J connectivity index is 2.33. The topological polar surface area (TPSA) is 97.5 Å². The van der Waals surface area contributed by atoms with Crippen LogP contribution in [0, 0.1) is 0 Å². The average molecular weight is 263 g/mol. The molecule has 0 bridgehead atoms. The molecular formula is C12H13N3O4. The van der Waals surface area contributed by atoms with Crippen LogP contribution in [0.3, 0.4) is 0 Å². The normalized spacial score (nSPS) is 12.1. The third-order valence-electron chi connectivity index (χ3n) is 2.37. The second kappa shape index (κ2) is 5.49. The molecule has 0 amide bonds. The van der Waals surface area contributed by atoms with Crippen molar-refractivity contribution in [2.45, 2.75) is 13.0 Å². The molecule has 7 nitrogen and oxygen atoms in total. The standard InChI is InChI=1S/C12H13N3O4/c1-8(16)12-9(15-6-2-5-13-15)3-4-10(14-12)19-7-11(17)18/h2-6,8,16H,7H2,1H3,(H,17,18). The van der Waals surface area contributed by atoms with E-state index in [0.717, 1.165) is 0 Å². The molecule has 2 heterocycles. The molecule has 0 aliphatic rings. The van der Waals surface area contributed by atoms with E-state index in [1.807, 2.05) is 0 Å². The lowest BCUT2D eigenvalue weighted by atomic mass is 10.2. The van der Waals surface area contributed by atoms with Gasteiger partial charge in [0.15, 0.2) is 6.61 Å². The largest absolute Gasteiger partial charge is 0.479 e. The number of aliphatic hydroxyl groups excluding tert-OH is 1. The number of hydrogen-bond acceptors (Lipinski definition) is 5. The lowest BCUT2D eigenvalue weighted by Crippen LogP contribution is -2.12. The second-order valence-corrected chi connectivity index (χ2v) is 3.86. The molecule has 7 heteroatoms. The monoisotopic (exact) mass is 263 g/mol. The fourth-order valence-corrected chi connectivity index (χ4v) is 1.58. The van der Waals surface area contributed by atoms with Crippen LogP contribution in [0.2, 0.25) is 0 Å². The zero-order chi connectivity index (χ0) is 13.8. The van der Waals surface area contributed by atoms with E-state index in [0.29, 0.717) is 11.4 Å². The number of nitrogens with zero attached hydrogens (tertiary/aromatic N) is 3. The summed E-state index contributed by atoms with van der Waals surface area (Å²) in [6, 6.07) is 4.95. The first-order valence-electron chi connectivity index (χ1n) is 5.61. The van der Waals surface area contributed by atoms with Gasteiger partial charge < -0.3 is 14.9 Å². The van der Waals surface area contributed by atoms with Gasteiger partial charge in [0.2, 0.25) is 5.88 Å². The van der Waals surface area contributed by atoms with E-state index in [1.165, 1.54) is 6.07 Å². The first-order valence-corrected chi connectivity index (χ1v) is 5.61. The molecule has 19 heavy (non-hydrogen) atoms. The molecule has 1 unspecified atom stereocenters. The van der Waals surface area contributed by atoms with Crippen molar-refractivity contribution in [3.8, 4) is 11.6 Å². The van der Waals surface area contributed by atoms with Crippen molar-refractivity contribution in [1.82, 2.24) is 14.8 Å². The molecule has 0 fully saturated rings. The fourth-order valence-electron chi connectivity index (χ4n) is 1.58. The smallest absolute Gasteiger partial charge is 0.341 e. The number of rotatable bonds is 5. The quantitative estimate of drug-likeness (QED) is 0.827. The number of ether oxygens (including phenoxy) is 1. The van der Waals surface area contributed by atoms with Crippen LogP contribution in [0.15, 0.2) is 30.6 Å². The van der Waals surface area contributed by atoms with Gasteiger partial charge in [-0.25, -0.2) is 14.5 Å². The highest BCUT2D eigenvalue weighted by atomic mass is 16.5. The molecule has 0 saturated heterocycles. The van der Waals surface area contributed by atoms with Crippen LogP contribution in [0.1, 0.15) is 18.7 Å². The Bertz CT molecular complexity index is 566. The second-order valence-electron chi connectivity index (χ2n) is 3.86. The minimum absolute atomic E-state index is 0.147. The Morgan fingerprint density at radius 1 is 1.53 bits per heavy atom. The molecule has 0 aliphatic heterocycles. The summed E-state index contributed by atoms with van der Waals surface area (Å²) >= 11 is 0. The van der Waals surface area contributed by atoms with E-state index in [1.54, 1.807) is 36.1 Å². The van der Waals surface area contributed by atoms with Crippen molar-refractivity contribution in [2.75, 3.05) is 6.61 Å². The number of aromatic nitrogens is 3. The number of carbonyl (C=O) groups is 1. The van der Waals surface area contributed by atoms with E-state index in [4.69, 9.17) is 9.84 Å². The van der Waals surface area contributed by atoms with Crippen molar-refractivity contribution in [1.29, 1.82) is 0 Å². The number of aliphatic carboxylic acids is 1. The van der Waals surface area contributed by atoms with Gasteiger partial charge in [-0.2, -0.15) is 5.10 Å². The molecule has 1 atom stereocenters. The summed E-state index contributed by atoms with van der Waals surface area (Å²) in [5.74, 6) is -0.939. The third-order valence-corrected chi connectivity index (χ3v) is 2.37. The predicted octanol–water partition coefficient (Wildman–Crippen LogP) is 0.784. The van der Waals surface area contributed by atoms with Crippen molar-refractivity contribution in [2.24, 2.45) is 0 Å². The first kappa shape index (κ1) is 13.0. The lowest BCUT2D eigenvalue weighted by Gasteiger charge is -2.12. The molecule has 0 aromatic carbocycles. The molecule has 0 aliphatic carbocycles. The summed E-state index contributed by atoms with van der Waals surface area (Å²) in [6.07, 6.45) is 2.51.